The Morgan fingerprint density at radius 2 is 2.25 bits per heavy atom. The number of H-pyrrole nitrogens is 1. The Morgan fingerprint density at radius 1 is 1.44 bits per heavy atom. The van der Waals surface area contributed by atoms with Gasteiger partial charge < -0.3 is 15.4 Å². The van der Waals surface area contributed by atoms with Gasteiger partial charge in [0.2, 0.25) is 0 Å². The van der Waals surface area contributed by atoms with E-state index in [9.17, 15) is 5.11 Å². The van der Waals surface area contributed by atoms with Crippen molar-refractivity contribution in [2.24, 2.45) is 0 Å². The molecule has 0 aliphatic carbocycles. The SMILES string of the molecule is CN[C@@H](Cc1ncc[nH]1)c1ccccc1O. The highest BCUT2D eigenvalue weighted by molar-refractivity contribution is 5.34. The topological polar surface area (TPSA) is 60.9 Å². The van der Waals surface area contributed by atoms with Gasteiger partial charge in [-0.2, -0.15) is 0 Å². The Morgan fingerprint density at radius 3 is 2.88 bits per heavy atom. The van der Waals surface area contributed by atoms with E-state index in [0.717, 1.165) is 17.8 Å². The Bertz CT molecular complexity index is 439. The van der Waals surface area contributed by atoms with Crippen LogP contribution in [0.15, 0.2) is 36.7 Å². The molecule has 0 bridgehead atoms. The molecule has 0 radical (unpaired) electrons. The number of phenols is 1. The molecule has 4 heteroatoms. The first-order chi connectivity index (χ1) is 7.81. The summed E-state index contributed by atoms with van der Waals surface area (Å²) in [5.74, 6) is 1.22. The summed E-state index contributed by atoms with van der Waals surface area (Å²) in [5.41, 5.74) is 0.890. The van der Waals surface area contributed by atoms with Crippen molar-refractivity contribution in [1.29, 1.82) is 0 Å². The highest BCUT2D eigenvalue weighted by atomic mass is 16.3. The van der Waals surface area contributed by atoms with Gasteiger partial charge in [0.1, 0.15) is 11.6 Å². The summed E-state index contributed by atoms with van der Waals surface area (Å²) in [7, 11) is 1.88. The minimum absolute atomic E-state index is 0.0624. The first-order valence-electron chi connectivity index (χ1n) is 5.24. The molecular formula is C12H15N3O. The zero-order valence-electron chi connectivity index (χ0n) is 9.14. The summed E-state index contributed by atoms with van der Waals surface area (Å²) in [6.07, 6.45) is 4.25. The van der Waals surface area contributed by atoms with Crippen LogP contribution in [0.2, 0.25) is 0 Å². The van der Waals surface area contributed by atoms with Gasteiger partial charge in [-0.3, -0.25) is 0 Å². The molecule has 0 aliphatic rings. The number of likely N-dealkylation sites (N-methyl/N-ethyl adjacent to an activating group) is 1. The highest BCUT2D eigenvalue weighted by Crippen LogP contribution is 2.25. The van der Waals surface area contributed by atoms with Crippen molar-refractivity contribution in [3.63, 3.8) is 0 Å². The number of nitrogens with zero attached hydrogens (tertiary/aromatic N) is 1. The minimum atomic E-state index is 0.0624. The number of aromatic nitrogens is 2. The van der Waals surface area contributed by atoms with E-state index in [2.05, 4.69) is 15.3 Å². The number of benzene rings is 1. The van der Waals surface area contributed by atoms with Gasteiger partial charge in [-0.15, -0.1) is 0 Å². The Hall–Kier alpha value is -1.81. The van der Waals surface area contributed by atoms with Crippen LogP contribution in [-0.2, 0) is 6.42 Å². The summed E-state index contributed by atoms with van der Waals surface area (Å²) in [6.45, 7) is 0. The molecular weight excluding hydrogens is 202 g/mol. The number of rotatable bonds is 4. The lowest BCUT2D eigenvalue weighted by Crippen LogP contribution is -2.19. The lowest BCUT2D eigenvalue weighted by atomic mass is 10.0. The molecule has 2 aromatic rings. The quantitative estimate of drug-likeness (QED) is 0.729. The van der Waals surface area contributed by atoms with Crippen molar-refractivity contribution in [3.8, 4) is 5.75 Å². The largest absolute Gasteiger partial charge is 0.508 e. The summed E-state index contributed by atoms with van der Waals surface area (Å²) in [4.78, 5) is 7.24. The minimum Gasteiger partial charge on any atom is -0.508 e. The van der Waals surface area contributed by atoms with Crippen LogP contribution in [0.3, 0.4) is 0 Å². The Balaban J connectivity index is 2.20. The first-order valence-corrected chi connectivity index (χ1v) is 5.24. The second-order valence-corrected chi connectivity index (χ2v) is 3.64. The standard InChI is InChI=1S/C12H15N3O/c1-13-10(8-12-14-6-7-15-12)9-4-2-3-5-11(9)16/h2-7,10,13,16H,8H2,1H3,(H,14,15)/t10-/m0/s1. The maximum Gasteiger partial charge on any atom is 0.120 e. The second-order valence-electron chi connectivity index (χ2n) is 3.64. The van der Waals surface area contributed by atoms with Crippen LogP contribution >= 0.6 is 0 Å². The molecule has 0 unspecified atom stereocenters. The first kappa shape index (κ1) is 10.7. The molecule has 0 saturated carbocycles. The van der Waals surface area contributed by atoms with Crippen LogP contribution in [0.5, 0.6) is 5.75 Å². The fraction of sp³-hybridized carbons (Fsp3) is 0.250. The van der Waals surface area contributed by atoms with Crippen LogP contribution in [-0.4, -0.2) is 22.1 Å². The van der Waals surface area contributed by atoms with Crippen LogP contribution in [0, 0.1) is 0 Å². The number of aromatic hydroxyl groups is 1. The molecule has 4 nitrogen and oxygen atoms in total. The lowest BCUT2D eigenvalue weighted by molar-refractivity contribution is 0.451. The highest BCUT2D eigenvalue weighted by Gasteiger charge is 2.14. The van der Waals surface area contributed by atoms with Gasteiger partial charge >= 0.3 is 0 Å². The van der Waals surface area contributed by atoms with E-state index in [1.54, 1.807) is 18.5 Å². The van der Waals surface area contributed by atoms with Crippen LogP contribution in [0.25, 0.3) is 0 Å². The number of para-hydroxylation sites is 1. The van der Waals surface area contributed by atoms with Gasteiger partial charge in [-0.1, -0.05) is 18.2 Å². The second kappa shape index (κ2) is 4.81. The summed E-state index contributed by atoms with van der Waals surface area (Å²) < 4.78 is 0. The number of hydrogen-bond donors (Lipinski definition) is 3. The van der Waals surface area contributed by atoms with E-state index in [-0.39, 0.29) is 6.04 Å². The summed E-state index contributed by atoms with van der Waals surface area (Å²) in [5, 5.41) is 12.9. The van der Waals surface area contributed by atoms with E-state index < -0.39 is 0 Å². The number of phenolic OH excluding ortho intramolecular Hbond substituents is 1. The predicted molar refractivity (Wildman–Crippen MR) is 62.2 cm³/mol. The van der Waals surface area contributed by atoms with Crippen LogP contribution < -0.4 is 5.32 Å². The zero-order chi connectivity index (χ0) is 11.4. The Labute approximate surface area is 94.4 Å². The fourth-order valence-corrected chi connectivity index (χ4v) is 1.75. The Kier molecular flexibility index (Phi) is 3.22. The lowest BCUT2D eigenvalue weighted by Gasteiger charge is -2.16. The van der Waals surface area contributed by atoms with E-state index in [1.165, 1.54) is 0 Å². The van der Waals surface area contributed by atoms with Gasteiger partial charge in [0.15, 0.2) is 0 Å². The number of nitrogens with one attached hydrogen (secondary N) is 2. The van der Waals surface area contributed by atoms with Gasteiger partial charge in [0.05, 0.1) is 0 Å². The molecule has 1 aromatic heterocycles. The monoisotopic (exact) mass is 217 g/mol. The fourth-order valence-electron chi connectivity index (χ4n) is 1.75. The molecule has 1 atom stereocenters. The molecule has 1 heterocycles. The molecule has 0 spiro atoms. The third kappa shape index (κ3) is 2.23. The molecule has 3 N–H and O–H groups in total. The number of imidazole rings is 1. The zero-order valence-corrected chi connectivity index (χ0v) is 9.14. The van der Waals surface area contributed by atoms with E-state index in [1.807, 2.05) is 25.2 Å². The van der Waals surface area contributed by atoms with E-state index in [0.29, 0.717) is 5.75 Å². The molecule has 2 rings (SSSR count). The third-order valence-corrected chi connectivity index (χ3v) is 2.61. The normalized spacial score (nSPS) is 12.6. The molecule has 84 valence electrons. The van der Waals surface area contributed by atoms with Crippen molar-refractivity contribution in [2.45, 2.75) is 12.5 Å². The van der Waals surface area contributed by atoms with Gasteiger partial charge in [0, 0.05) is 30.4 Å². The van der Waals surface area contributed by atoms with Crippen molar-refractivity contribution in [2.75, 3.05) is 7.05 Å². The van der Waals surface area contributed by atoms with E-state index >= 15 is 0 Å². The number of aromatic amines is 1. The van der Waals surface area contributed by atoms with E-state index in [4.69, 9.17) is 0 Å². The molecule has 16 heavy (non-hydrogen) atoms. The molecule has 0 amide bonds. The van der Waals surface area contributed by atoms with Gasteiger partial charge in [-0.05, 0) is 13.1 Å². The maximum absolute atomic E-state index is 9.77. The summed E-state index contributed by atoms with van der Waals surface area (Å²) >= 11 is 0. The molecule has 0 saturated heterocycles. The average molecular weight is 217 g/mol. The van der Waals surface area contributed by atoms with Crippen molar-refractivity contribution in [1.82, 2.24) is 15.3 Å². The van der Waals surface area contributed by atoms with Gasteiger partial charge in [-0.25, -0.2) is 4.98 Å². The third-order valence-electron chi connectivity index (χ3n) is 2.61. The van der Waals surface area contributed by atoms with Crippen molar-refractivity contribution < 1.29 is 5.11 Å². The van der Waals surface area contributed by atoms with Crippen LogP contribution in [0.1, 0.15) is 17.4 Å². The number of hydrogen-bond acceptors (Lipinski definition) is 3. The average Bonchev–Trinajstić information content (AvgIpc) is 2.80. The van der Waals surface area contributed by atoms with Crippen molar-refractivity contribution >= 4 is 0 Å². The predicted octanol–water partition coefficient (Wildman–Crippen LogP) is 1.62. The summed E-state index contributed by atoms with van der Waals surface area (Å²) in [6, 6.07) is 7.41. The maximum atomic E-state index is 9.77. The van der Waals surface area contributed by atoms with Crippen LogP contribution in [0.4, 0.5) is 0 Å². The van der Waals surface area contributed by atoms with Gasteiger partial charge in [0.25, 0.3) is 0 Å². The van der Waals surface area contributed by atoms with Crippen molar-refractivity contribution in [3.05, 3.63) is 48.0 Å². The molecule has 1 aromatic carbocycles. The molecule has 0 aliphatic heterocycles. The molecule has 0 fully saturated rings. The smallest absolute Gasteiger partial charge is 0.120 e.